The summed E-state index contributed by atoms with van der Waals surface area (Å²) in [5.74, 6) is 4.04. The molecule has 0 aliphatic heterocycles. The van der Waals surface area contributed by atoms with Gasteiger partial charge in [0.1, 0.15) is 23.0 Å². The van der Waals surface area contributed by atoms with Crippen molar-refractivity contribution >= 4 is 7.69 Å². The van der Waals surface area contributed by atoms with Gasteiger partial charge in [0.25, 0.3) is 0 Å². The zero-order valence-corrected chi connectivity index (χ0v) is 15.4. The lowest BCUT2D eigenvalue weighted by atomic mass is 10.2. The van der Waals surface area contributed by atoms with Gasteiger partial charge in [-0.1, -0.05) is 27.7 Å². The zero-order valence-electron chi connectivity index (χ0n) is 15.4. The van der Waals surface area contributed by atoms with Crippen LogP contribution in [-0.4, -0.2) is 20.9 Å². The summed E-state index contributed by atoms with van der Waals surface area (Å²) in [7, 11) is 1.31. The van der Waals surface area contributed by atoms with Crippen LogP contribution in [0.3, 0.4) is 0 Å². The molecule has 2 rings (SSSR count). The zero-order chi connectivity index (χ0) is 18.1. The van der Waals surface area contributed by atoms with Gasteiger partial charge in [-0.3, -0.25) is 0 Å². The molecule has 0 aromatic heterocycles. The second-order valence-electron chi connectivity index (χ2n) is 6.68. The molecular weight excluding hydrogens is 315 g/mol. The minimum Gasteiger partial charge on any atom is -0.526 e. The largest absolute Gasteiger partial charge is 0.658 e. The number of ether oxygens (including phenoxy) is 2. The molecular formula is C20H26BO4. The summed E-state index contributed by atoms with van der Waals surface area (Å²) in [5.41, 5.74) is 0. The van der Waals surface area contributed by atoms with Crippen LogP contribution in [0, 0.1) is 11.8 Å². The number of rotatable bonds is 10. The Morgan fingerprint density at radius 3 is 1.24 bits per heavy atom. The molecule has 0 saturated carbocycles. The van der Waals surface area contributed by atoms with Crippen molar-refractivity contribution in [2.24, 2.45) is 11.8 Å². The first-order valence-electron chi connectivity index (χ1n) is 8.63. The van der Waals surface area contributed by atoms with E-state index in [4.69, 9.17) is 18.8 Å². The molecule has 2 aromatic rings. The smallest absolute Gasteiger partial charge is 0.526 e. The standard InChI is InChI=1S/C20H26BO4/c1-15(2)13-22-17-5-9-19(10-6-17)24-21-25-20-11-7-18(8-12-20)23-14-16(3)4/h5-12,15-16H,13-14H2,1-4H3. The summed E-state index contributed by atoms with van der Waals surface area (Å²) in [4.78, 5) is 0. The van der Waals surface area contributed by atoms with Crippen LogP contribution in [0.5, 0.6) is 23.0 Å². The van der Waals surface area contributed by atoms with Crippen LogP contribution in [0.15, 0.2) is 48.5 Å². The van der Waals surface area contributed by atoms with Gasteiger partial charge in [-0.15, -0.1) is 0 Å². The third-order valence-electron chi connectivity index (χ3n) is 3.18. The average Bonchev–Trinajstić information content (AvgIpc) is 2.60. The van der Waals surface area contributed by atoms with Crippen LogP contribution in [0.2, 0.25) is 0 Å². The molecule has 0 N–H and O–H groups in total. The Kier molecular flexibility index (Phi) is 7.51. The van der Waals surface area contributed by atoms with Crippen LogP contribution in [0.4, 0.5) is 0 Å². The Morgan fingerprint density at radius 1 is 0.600 bits per heavy atom. The molecule has 0 unspecified atom stereocenters. The number of hydrogen-bond donors (Lipinski definition) is 0. The van der Waals surface area contributed by atoms with E-state index in [1.54, 1.807) is 0 Å². The Morgan fingerprint density at radius 2 is 0.920 bits per heavy atom. The molecule has 25 heavy (non-hydrogen) atoms. The van der Waals surface area contributed by atoms with Crippen molar-refractivity contribution in [3.8, 4) is 23.0 Å². The highest BCUT2D eigenvalue weighted by atomic mass is 16.6. The van der Waals surface area contributed by atoms with Crippen LogP contribution in [-0.2, 0) is 0 Å². The third-order valence-corrected chi connectivity index (χ3v) is 3.18. The molecule has 1 radical (unpaired) electrons. The van der Waals surface area contributed by atoms with Crippen LogP contribution < -0.4 is 18.8 Å². The second kappa shape index (κ2) is 9.87. The van der Waals surface area contributed by atoms with Gasteiger partial charge >= 0.3 is 7.69 Å². The van der Waals surface area contributed by atoms with Gasteiger partial charge in [-0.05, 0) is 60.4 Å². The highest BCUT2D eigenvalue weighted by Gasteiger charge is 2.04. The lowest BCUT2D eigenvalue weighted by Crippen LogP contribution is -2.11. The Hall–Kier alpha value is -2.30. The van der Waals surface area contributed by atoms with E-state index >= 15 is 0 Å². The van der Waals surface area contributed by atoms with E-state index in [0.29, 0.717) is 36.5 Å². The predicted octanol–water partition coefficient (Wildman–Crippen LogP) is 4.75. The van der Waals surface area contributed by atoms with Crippen molar-refractivity contribution in [1.29, 1.82) is 0 Å². The van der Waals surface area contributed by atoms with Crippen LogP contribution in [0.25, 0.3) is 0 Å². The molecule has 2 aromatic carbocycles. The molecule has 0 spiro atoms. The minimum atomic E-state index is 0.500. The molecule has 0 aliphatic carbocycles. The molecule has 0 amide bonds. The topological polar surface area (TPSA) is 36.9 Å². The van der Waals surface area contributed by atoms with E-state index in [1.807, 2.05) is 48.5 Å². The van der Waals surface area contributed by atoms with E-state index in [9.17, 15) is 0 Å². The quantitative estimate of drug-likeness (QED) is 0.585. The van der Waals surface area contributed by atoms with Gasteiger partial charge < -0.3 is 18.8 Å². The Labute approximate surface area is 151 Å². The van der Waals surface area contributed by atoms with Gasteiger partial charge in [0.05, 0.1) is 13.2 Å². The summed E-state index contributed by atoms with van der Waals surface area (Å²) in [6.07, 6.45) is 0. The summed E-state index contributed by atoms with van der Waals surface area (Å²) < 4.78 is 22.2. The maximum atomic E-state index is 5.63. The molecule has 5 heteroatoms. The van der Waals surface area contributed by atoms with E-state index in [0.717, 1.165) is 11.5 Å². The van der Waals surface area contributed by atoms with Crippen molar-refractivity contribution < 1.29 is 18.8 Å². The summed E-state index contributed by atoms with van der Waals surface area (Å²) in [6, 6.07) is 14.9. The fraction of sp³-hybridized carbons (Fsp3) is 0.400. The van der Waals surface area contributed by atoms with Crippen molar-refractivity contribution in [2.45, 2.75) is 27.7 Å². The minimum absolute atomic E-state index is 0.500. The molecule has 0 bridgehead atoms. The summed E-state index contributed by atoms with van der Waals surface area (Å²) in [6.45, 7) is 9.87. The first-order valence-corrected chi connectivity index (χ1v) is 8.63. The van der Waals surface area contributed by atoms with Gasteiger partial charge in [-0.25, -0.2) is 0 Å². The SMILES string of the molecule is CC(C)COc1ccc(O[B]Oc2ccc(OCC(C)C)cc2)cc1. The normalized spacial score (nSPS) is 10.6. The molecule has 4 nitrogen and oxygen atoms in total. The lowest BCUT2D eigenvalue weighted by Gasteiger charge is -2.11. The monoisotopic (exact) mass is 341 g/mol. The molecule has 0 heterocycles. The van der Waals surface area contributed by atoms with Crippen LogP contribution >= 0.6 is 0 Å². The molecule has 0 aliphatic rings. The van der Waals surface area contributed by atoms with Gasteiger partial charge in [-0.2, -0.15) is 0 Å². The predicted molar refractivity (Wildman–Crippen MR) is 101 cm³/mol. The van der Waals surface area contributed by atoms with Gasteiger partial charge in [0.2, 0.25) is 0 Å². The highest BCUT2D eigenvalue weighted by Crippen LogP contribution is 2.20. The fourth-order valence-corrected chi connectivity index (χ4v) is 1.89. The Balaban J connectivity index is 1.73. The summed E-state index contributed by atoms with van der Waals surface area (Å²) in [5, 5.41) is 0. The van der Waals surface area contributed by atoms with E-state index in [1.165, 1.54) is 7.69 Å². The molecule has 0 atom stereocenters. The first kappa shape index (κ1) is 19.0. The second-order valence-corrected chi connectivity index (χ2v) is 6.68. The lowest BCUT2D eigenvalue weighted by molar-refractivity contribution is 0.271. The van der Waals surface area contributed by atoms with Crippen molar-refractivity contribution in [3.63, 3.8) is 0 Å². The highest BCUT2D eigenvalue weighted by molar-refractivity contribution is 6.20. The number of benzene rings is 2. The number of hydrogen-bond acceptors (Lipinski definition) is 4. The van der Waals surface area contributed by atoms with Crippen molar-refractivity contribution in [1.82, 2.24) is 0 Å². The molecule has 133 valence electrons. The van der Waals surface area contributed by atoms with Crippen molar-refractivity contribution in [2.75, 3.05) is 13.2 Å². The van der Waals surface area contributed by atoms with Crippen molar-refractivity contribution in [3.05, 3.63) is 48.5 Å². The maximum absolute atomic E-state index is 5.63. The molecule has 0 saturated heterocycles. The maximum Gasteiger partial charge on any atom is 0.658 e. The van der Waals surface area contributed by atoms with E-state index < -0.39 is 0 Å². The van der Waals surface area contributed by atoms with Crippen LogP contribution in [0.1, 0.15) is 27.7 Å². The van der Waals surface area contributed by atoms with Gasteiger partial charge in [0, 0.05) is 0 Å². The average molecular weight is 341 g/mol. The van der Waals surface area contributed by atoms with Gasteiger partial charge in [0.15, 0.2) is 0 Å². The first-order chi connectivity index (χ1) is 12.0. The van der Waals surface area contributed by atoms with E-state index in [-0.39, 0.29) is 0 Å². The van der Waals surface area contributed by atoms with E-state index in [2.05, 4.69) is 27.7 Å². The third kappa shape index (κ3) is 7.42. The fourth-order valence-electron chi connectivity index (χ4n) is 1.89. The molecule has 0 fully saturated rings. The Bertz CT molecular complexity index is 553. The summed E-state index contributed by atoms with van der Waals surface area (Å²) >= 11 is 0.